The van der Waals surface area contributed by atoms with Gasteiger partial charge in [-0.2, -0.15) is 10.2 Å². The molecule has 0 unspecified atom stereocenters. The number of hydrogen-bond acceptors (Lipinski definition) is 8. The van der Waals surface area contributed by atoms with Crippen LogP contribution < -0.4 is 20.3 Å². The van der Waals surface area contributed by atoms with E-state index in [-0.39, 0.29) is 24.7 Å². The number of nitrogens with one attached hydrogen (secondary N) is 2. The van der Waals surface area contributed by atoms with Crippen LogP contribution in [-0.2, 0) is 9.59 Å². The summed E-state index contributed by atoms with van der Waals surface area (Å²) < 4.78 is 11.0. The van der Waals surface area contributed by atoms with Gasteiger partial charge in [-0.15, -0.1) is 0 Å². The lowest BCUT2D eigenvalue weighted by atomic mass is 10.1. The van der Waals surface area contributed by atoms with Gasteiger partial charge in [0.1, 0.15) is 11.5 Å². The van der Waals surface area contributed by atoms with E-state index in [0.717, 1.165) is 12.8 Å². The molecule has 0 radical (unpaired) electrons. The Morgan fingerprint density at radius 3 is 1.31 bits per heavy atom. The van der Waals surface area contributed by atoms with E-state index in [0.29, 0.717) is 56.6 Å². The molecule has 246 valence electrons. The molecule has 0 saturated carbocycles. The highest BCUT2D eigenvalue weighted by Crippen LogP contribution is 2.20. The Labute approximate surface area is 287 Å². The van der Waals surface area contributed by atoms with E-state index in [1.54, 1.807) is 97.1 Å². The molecule has 2 N–H and O–H groups in total. The number of hydrazone groups is 2. The van der Waals surface area contributed by atoms with Crippen molar-refractivity contribution in [2.75, 3.05) is 0 Å². The van der Waals surface area contributed by atoms with Crippen LogP contribution in [0.3, 0.4) is 0 Å². The van der Waals surface area contributed by atoms with Crippen LogP contribution >= 0.6 is 23.2 Å². The van der Waals surface area contributed by atoms with Gasteiger partial charge >= 0.3 is 11.9 Å². The number of para-hydroxylation sites is 2. The Morgan fingerprint density at radius 2 is 0.917 bits per heavy atom. The van der Waals surface area contributed by atoms with E-state index in [4.69, 9.17) is 32.7 Å². The normalized spacial score (nSPS) is 11.0. The van der Waals surface area contributed by atoms with Gasteiger partial charge in [-0.05, 0) is 85.6 Å². The van der Waals surface area contributed by atoms with Gasteiger partial charge in [0, 0.05) is 34.0 Å². The fourth-order valence-corrected chi connectivity index (χ4v) is 4.49. The van der Waals surface area contributed by atoms with E-state index in [2.05, 4.69) is 21.1 Å². The van der Waals surface area contributed by atoms with E-state index >= 15 is 0 Å². The van der Waals surface area contributed by atoms with Crippen molar-refractivity contribution in [1.82, 2.24) is 10.9 Å². The summed E-state index contributed by atoms with van der Waals surface area (Å²) in [6, 6.07) is 26.3. The molecular formula is C36H32Cl2N4O6. The van der Waals surface area contributed by atoms with Crippen molar-refractivity contribution in [3.63, 3.8) is 0 Å². The number of nitrogens with zero attached hydrogens (tertiary/aromatic N) is 2. The number of halogens is 2. The topological polar surface area (TPSA) is 136 Å². The summed E-state index contributed by atoms with van der Waals surface area (Å²) in [7, 11) is 0. The Bertz CT molecular complexity index is 1650. The van der Waals surface area contributed by atoms with Crippen LogP contribution in [0.5, 0.6) is 11.5 Å². The lowest BCUT2D eigenvalue weighted by molar-refractivity contribution is -0.122. The summed E-state index contributed by atoms with van der Waals surface area (Å²) in [4.78, 5) is 49.3. The maximum Gasteiger partial charge on any atom is 0.343 e. The fraction of sp³-hybridized carbons (Fsp3) is 0.167. The lowest BCUT2D eigenvalue weighted by Crippen LogP contribution is -2.17. The van der Waals surface area contributed by atoms with Crippen LogP contribution in [0.25, 0.3) is 0 Å². The third kappa shape index (κ3) is 11.8. The van der Waals surface area contributed by atoms with Crippen LogP contribution in [0.15, 0.2) is 107 Å². The quantitative estimate of drug-likeness (QED) is 0.0441. The average molecular weight is 688 g/mol. The van der Waals surface area contributed by atoms with Gasteiger partial charge in [-0.3, -0.25) is 9.59 Å². The first kappa shape index (κ1) is 35.5. The molecule has 0 heterocycles. The molecule has 12 heteroatoms. The molecule has 0 spiro atoms. The molecule has 0 aliphatic rings. The highest BCUT2D eigenvalue weighted by Gasteiger charge is 2.12. The van der Waals surface area contributed by atoms with Gasteiger partial charge in [-0.1, -0.05) is 60.3 Å². The predicted octanol–water partition coefficient (Wildman–Crippen LogP) is 7.37. The highest BCUT2D eigenvalue weighted by atomic mass is 35.5. The van der Waals surface area contributed by atoms with Crippen molar-refractivity contribution in [3.8, 4) is 11.5 Å². The first-order chi connectivity index (χ1) is 23.3. The number of ether oxygens (including phenoxy) is 2. The molecule has 4 aromatic carbocycles. The largest absolute Gasteiger partial charge is 0.422 e. The van der Waals surface area contributed by atoms with Gasteiger partial charge in [0.15, 0.2) is 0 Å². The van der Waals surface area contributed by atoms with E-state index < -0.39 is 11.9 Å². The molecule has 48 heavy (non-hydrogen) atoms. The Balaban J connectivity index is 1.11. The Morgan fingerprint density at radius 1 is 0.542 bits per heavy atom. The Hall–Kier alpha value is -5.32. The summed E-state index contributed by atoms with van der Waals surface area (Å²) in [5, 5.41) is 9.00. The van der Waals surface area contributed by atoms with E-state index in [1.165, 1.54) is 12.4 Å². The molecule has 4 aromatic rings. The van der Waals surface area contributed by atoms with Gasteiger partial charge < -0.3 is 9.47 Å². The molecule has 0 aliphatic heterocycles. The molecule has 0 fully saturated rings. The second-order valence-corrected chi connectivity index (χ2v) is 11.2. The van der Waals surface area contributed by atoms with Crippen molar-refractivity contribution in [2.45, 2.75) is 38.5 Å². The van der Waals surface area contributed by atoms with Gasteiger partial charge in [0.05, 0.1) is 23.6 Å². The Kier molecular flexibility index (Phi) is 13.9. The van der Waals surface area contributed by atoms with Crippen molar-refractivity contribution < 1.29 is 28.7 Å². The van der Waals surface area contributed by atoms with Crippen LogP contribution in [0.4, 0.5) is 0 Å². The summed E-state index contributed by atoms with van der Waals surface area (Å²) in [6.45, 7) is 0. The molecule has 0 aromatic heterocycles. The minimum absolute atomic E-state index is 0.256. The van der Waals surface area contributed by atoms with E-state index in [9.17, 15) is 19.2 Å². The number of carbonyl (C=O) groups excluding carboxylic acids is 4. The number of amides is 2. The van der Waals surface area contributed by atoms with Crippen LogP contribution in [0.1, 0.15) is 70.4 Å². The summed E-state index contributed by atoms with van der Waals surface area (Å²) in [5.74, 6) is -1.01. The van der Waals surface area contributed by atoms with Crippen molar-refractivity contribution in [1.29, 1.82) is 0 Å². The second-order valence-electron chi connectivity index (χ2n) is 10.4. The van der Waals surface area contributed by atoms with E-state index in [1.807, 2.05) is 0 Å². The van der Waals surface area contributed by atoms with Crippen LogP contribution in [0, 0.1) is 0 Å². The standard InChI is InChI=1S/C36H32Cl2N4O6/c37-29-19-15-25(16-20-29)35(45)47-31-11-7-5-9-27(31)23-39-41-33(43)13-3-1-2-4-14-34(44)42-40-24-28-10-6-8-12-32(28)48-36(46)26-17-21-30(38)22-18-26/h5-12,15-24H,1-4,13-14H2,(H,41,43)(H,42,44). The zero-order valence-electron chi connectivity index (χ0n) is 25.7. The SMILES string of the molecule is O=C(CCCCCCC(=O)NN=Cc1ccccc1OC(=O)c1ccc(Cl)cc1)NN=Cc1ccccc1OC(=O)c1ccc(Cl)cc1. The monoisotopic (exact) mass is 686 g/mol. The van der Waals surface area contributed by atoms with Gasteiger partial charge in [0.2, 0.25) is 11.8 Å². The molecule has 0 bridgehead atoms. The molecular weight excluding hydrogens is 655 g/mol. The fourth-order valence-electron chi connectivity index (χ4n) is 4.23. The van der Waals surface area contributed by atoms with Crippen molar-refractivity contribution >= 4 is 59.4 Å². The summed E-state index contributed by atoms with van der Waals surface area (Å²) in [5.41, 5.74) is 6.70. The van der Waals surface area contributed by atoms with Crippen LogP contribution in [-0.4, -0.2) is 36.2 Å². The zero-order chi connectivity index (χ0) is 34.1. The smallest absolute Gasteiger partial charge is 0.343 e. The third-order valence-electron chi connectivity index (χ3n) is 6.75. The molecule has 0 saturated heterocycles. The maximum absolute atomic E-state index is 12.5. The molecule has 2 amide bonds. The highest BCUT2D eigenvalue weighted by molar-refractivity contribution is 6.31. The number of hydrogen-bond donors (Lipinski definition) is 2. The van der Waals surface area contributed by atoms with Gasteiger partial charge in [-0.25, -0.2) is 20.4 Å². The maximum atomic E-state index is 12.5. The minimum Gasteiger partial charge on any atom is -0.422 e. The number of rotatable bonds is 15. The first-order valence-electron chi connectivity index (χ1n) is 15.1. The second kappa shape index (κ2) is 18.7. The first-order valence-corrected chi connectivity index (χ1v) is 15.8. The molecule has 0 atom stereocenters. The molecule has 4 rings (SSSR count). The van der Waals surface area contributed by atoms with Crippen molar-refractivity contribution in [3.05, 3.63) is 129 Å². The number of unbranched alkanes of at least 4 members (excludes halogenated alkanes) is 3. The van der Waals surface area contributed by atoms with Gasteiger partial charge in [0.25, 0.3) is 0 Å². The lowest BCUT2D eigenvalue weighted by Gasteiger charge is -2.07. The molecule has 0 aliphatic carbocycles. The predicted molar refractivity (Wildman–Crippen MR) is 185 cm³/mol. The average Bonchev–Trinajstić information content (AvgIpc) is 3.08. The number of esters is 2. The third-order valence-corrected chi connectivity index (χ3v) is 7.25. The van der Waals surface area contributed by atoms with Crippen LogP contribution in [0.2, 0.25) is 10.0 Å². The summed E-state index contributed by atoms with van der Waals surface area (Å²) >= 11 is 11.8. The number of carbonyl (C=O) groups is 4. The summed E-state index contributed by atoms with van der Waals surface area (Å²) in [6.07, 6.45) is 6.12. The molecule has 10 nitrogen and oxygen atoms in total. The zero-order valence-corrected chi connectivity index (χ0v) is 27.2. The van der Waals surface area contributed by atoms with Crippen molar-refractivity contribution in [2.24, 2.45) is 10.2 Å². The number of benzene rings is 4. The minimum atomic E-state index is -0.543.